The van der Waals surface area contributed by atoms with Crippen LogP contribution >= 0.6 is 11.6 Å². The van der Waals surface area contributed by atoms with Crippen LogP contribution in [0.15, 0.2) is 4.52 Å². The number of hydrogen-bond acceptors (Lipinski definition) is 5. The first-order chi connectivity index (χ1) is 9.60. The predicted octanol–water partition coefficient (Wildman–Crippen LogP) is 1.60. The molecule has 0 radical (unpaired) electrons. The Kier molecular flexibility index (Phi) is 3.21. The standard InChI is InChI=1S/C12H15ClN6O/c1-7-11-12(18(3)16-7)19(9(15-11)4-5-13)6-10-14-8(2)17-20-10/h4-6H2,1-3H3. The Bertz CT molecular complexity index is 756. The van der Waals surface area contributed by atoms with Gasteiger partial charge in [0.05, 0.1) is 5.69 Å². The fraction of sp³-hybridized carbons (Fsp3) is 0.500. The van der Waals surface area contributed by atoms with Crippen LogP contribution in [0.3, 0.4) is 0 Å². The van der Waals surface area contributed by atoms with Crippen LogP contribution in [-0.4, -0.2) is 35.4 Å². The molecule has 0 atom stereocenters. The summed E-state index contributed by atoms with van der Waals surface area (Å²) in [7, 11) is 1.90. The summed E-state index contributed by atoms with van der Waals surface area (Å²) >= 11 is 5.86. The van der Waals surface area contributed by atoms with Crippen molar-refractivity contribution in [2.24, 2.45) is 7.05 Å². The molecule has 0 N–H and O–H groups in total. The van der Waals surface area contributed by atoms with Crippen molar-refractivity contribution in [1.29, 1.82) is 0 Å². The molecular weight excluding hydrogens is 280 g/mol. The minimum Gasteiger partial charge on any atom is -0.337 e. The normalized spacial score (nSPS) is 11.6. The van der Waals surface area contributed by atoms with E-state index in [-0.39, 0.29) is 0 Å². The Morgan fingerprint density at radius 2 is 2.05 bits per heavy atom. The molecular formula is C12H15ClN6O. The van der Waals surface area contributed by atoms with E-state index in [0.717, 1.165) is 22.7 Å². The van der Waals surface area contributed by atoms with Crippen LogP contribution in [0.5, 0.6) is 0 Å². The number of hydrogen-bond donors (Lipinski definition) is 0. The lowest BCUT2D eigenvalue weighted by molar-refractivity contribution is 0.367. The topological polar surface area (TPSA) is 74.6 Å². The molecule has 3 heterocycles. The number of fused-ring (bicyclic) bond motifs is 1. The molecule has 0 aromatic carbocycles. The molecule has 8 heteroatoms. The van der Waals surface area contributed by atoms with Crippen LogP contribution < -0.4 is 0 Å². The highest BCUT2D eigenvalue weighted by Crippen LogP contribution is 2.20. The van der Waals surface area contributed by atoms with E-state index < -0.39 is 0 Å². The molecule has 0 bridgehead atoms. The van der Waals surface area contributed by atoms with Gasteiger partial charge in [-0.3, -0.25) is 4.68 Å². The van der Waals surface area contributed by atoms with Gasteiger partial charge in [-0.2, -0.15) is 10.1 Å². The number of nitrogens with zero attached hydrogens (tertiary/aromatic N) is 6. The summed E-state index contributed by atoms with van der Waals surface area (Å²) in [4.78, 5) is 8.87. The molecule has 0 aliphatic carbocycles. The van der Waals surface area contributed by atoms with Gasteiger partial charge in [0.15, 0.2) is 11.5 Å². The molecule has 7 nitrogen and oxygen atoms in total. The Labute approximate surface area is 120 Å². The Hall–Kier alpha value is -1.89. The second-order valence-electron chi connectivity index (χ2n) is 4.67. The SMILES string of the molecule is Cc1noc(Cn2c(CCCl)nc3c(C)nn(C)c32)n1. The van der Waals surface area contributed by atoms with Crippen LogP contribution in [0.2, 0.25) is 0 Å². The fourth-order valence-electron chi connectivity index (χ4n) is 2.36. The summed E-state index contributed by atoms with van der Waals surface area (Å²) in [6.45, 7) is 4.22. The van der Waals surface area contributed by atoms with E-state index in [1.54, 1.807) is 6.92 Å². The maximum atomic E-state index is 5.86. The van der Waals surface area contributed by atoms with Crippen molar-refractivity contribution in [3.05, 3.63) is 23.2 Å². The van der Waals surface area contributed by atoms with Gasteiger partial charge in [0, 0.05) is 19.3 Å². The average Bonchev–Trinajstić information content (AvgIpc) is 3.02. The van der Waals surface area contributed by atoms with Crippen LogP contribution in [0.4, 0.5) is 0 Å². The predicted molar refractivity (Wildman–Crippen MR) is 73.8 cm³/mol. The molecule has 0 aliphatic rings. The summed E-state index contributed by atoms with van der Waals surface area (Å²) in [6.07, 6.45) is 0.683. The number of halogens is 1. The number of rotatable bonds is 4. The summed E-state index contributed by atoms with van der Waals surface area (Å²) in [6, 6.07) is 0. The third-order valence-electron chi connectivity index (χ3n) is 3.15. The molecule has 0 fully saturated rings. The van der Waals surface area contributed by atoms with Crippen molar-refractivity contribution in [1.82, 2.24) is 29.5 Å². The van der Waals surface area contributed by atoms with E-state index in [4.69, 9.17) is 16.1 Å². The largest absolute Gasteiger partial charge is 0.337 e. The third kappa shape index (κ3) is 2.07. The highest BCUT2D eigenvalue weighted by Gasteiger charge is 2.18. The third-order valence-corrected chi connectivity index (χ3v) is 3.34. The van der Waals surface area contributed by atoms with E-state index in [0.29, 0.717) is 30.6 Å². The Morgan fingerprint density at radius 1 is 1.25 bits per heavy atom. The summed E-state index contributed by atoms with van der Waals surface area (Å²) < 4.78 is 9.04. The maximum Gasteiger partial charge on any atom is 0.246 e. The first-order valence-corrected chi connectivity index (χ1v) is 6.87. The van der Waals surface area contributed by atoms with Crippen LogP contribution in [0, 0.1) is 13.8 Å². The van der Waals surface area contributed by atoms with Crippen molar-refractivity contribution in [2.75, 3.05) is 5.88 Å². The molecule has 0 amide bonds. The van der Waals surface area contributed by atoms with E-state index in [2.05, 4.69) is 20.2 Å². The maximum absolute atomic E-state index is 5.86. The van der Waals surface area contributed by atoms with Gasteiger partial charge in [0.25, 0.3) is 0 Å². The highest BCUT2D eigenvalue weighted by atomic mass is 35.5. The summed E-state index contributed by atoms with van der Waals surface area (Å²) in [5, 5.41) is 8.20. The van der Waals surface area contributed by atoms with Gasteiger partial charge in [-0.15, -0.1) is 11.6 Å². The lowest BCUT2D eigenvalue weighted by atomic mass is 10.4. The van der Waals surface area contributed by atoms with Gasteiger partial charge in [-0.25, -0.2) is 4.98 Å². The van der Waals surface area contributed by atoms with E-state index in [1.165, 1.54) is 0 Å². The van der Waals surface area contributed by atoms with Crippen molar-refractivity contribution in [3.63, 3.8) is 0 Å². The lowest BCUT2D eigenvalue weighted by Gasteiger charge is -2.05. The summed E-state index contributed by atoms with van der Waals surface area (Å²) in [5.41, 5.74) is 2.74. The van der Waals surface area contributed by atoms with E-state index in [1.807, 2.05) is 23.2 Å². The minimum absolute atomic E-state index is 0.475. The van der Waals surface area contributed by atoms with Gasteiger partial charge >= 0.3 is 0 Å². The van der Waals surface area contributed by atoms with Crippen LogP contribution in [0.25, 0.3) is 11.2 Å². The number of aromatic nitrogens is 6. The zero-order valence-corrected chi connectivity index (χ0v) is 12.3. The quantitative estimate of drug-likeness (QED) is 0.683. The number of imidazole rings is 1. The molecule has 0 unspecified atom stereocenters. The molecule has 3 aromatic rings. The highest BCUT2D eigenvalue weighted by molar-refractivity contribution is 6.17. The molecule has 0 aliphatic heterocycles. The molecule has 3 aromatic heterocycles. The van der Waals surface area contributed by atoms with E-state index >= 15 is 0 Å². The van der Waals surface area contributed by atoms with E-state index in [9.17, 15) is 0 Å². The van der Waals surface area contributed by atoms with Crippen LogP contribution in [-0.2, 0) is 20.0 Å². The number of alkyl halides is 1. The van der Waals surface area contributed by atoms with Crippen molar-refractivity contribution in [2.45, 2.75) is 26.8 Å². The smallest absolute Gasteiger partial charge is 0.246 e. The van der Waals surface area contributed by atoms with Crippen molar-refractivity contribution < 1.29 is 4.52 Å². The molecule has 0 saturated heterocycles. The van der Waals surface area contributed by atoms with Gasteiger partial charge in [0.1, 0.15) is 17.9 Å². The zero-order valence-electron chi connectivity index (χ0n) is 11.6. The molecule has 0 spiro atoms. The first-order valence-electron chi connectivity index (χ1n) is 6.34. The Balaban J connectivity index is 2.12. The summed E-state index contributed by atoms with van der Waals surface area (Å²) in [5.74, 6) is 2.59. The Morgan fingerprint density at radius 3 is 2.70 bits per heavy atom. The minimum atomic E-state index is 0.475. The van der Waals surface area contributed by atoms with Crippen molar-refractivity contribution >= 4 is 22.8 Å². The monoisotopic (exact) mass is 294 g/mol. The van der Waals surface area contributed by atoms with Crippen LogP contribution in [0.1, 0.15) is 23.2 Å². The molecule has 20 heavy (non-hydrogen) atoms. The first kappa shape index (κ1) is 13.1. The fourth-order valence-corrected chi connectivity index (χ4v) is 2.53. The van der Waals surface area contributed by atoms with Gasteiger partial charge < -0.3 is 9.09 Å². The molecule has 3 rings (SSSR count). The zero-order chi connectivity index (χ0) is 14.3. The molecule has 106 valence electrons. The molecule has 0 saturated carbocycles. The van der Waals surface area contributed by atoms with Gasteiger partial charge in [-0.1, -0.05) is 5.16 Å². The number of aryl methyl sites for hydroxylation is 4. The average molecular weight is 295 g/mol. The van der Waals surface area contributed by atoms with Gasteiger partial charge in [0.2, 0.25) is 5.89 Å². The lowest BCUT2D eigenvalue weighted by Crippen LogP contribution is -2.09. The van der Waals surface area contributed by atoms with Crippen molar-refractivity contribution in [3.8, 4) is 0 Å². The van der Waals surface area contributed by atoms with Gasteiger partial charge in [-0.05, 0) is 13.8 Å². The second kappa shape index (κ2) is 4.90. The second-order valence-corrected chi connectivity index (χ2v) is 5.05.